The topological polar surface area (TPSA) is 54.4 Å². The highest BCUT2D eigenvalue weighted by atomic mass is 32.2. The summed E-state index contributed by atoms with van der Waals surface area (Å²) in [6.45, 7) is 3.96. The normalized spacial score (nSPS) is 14.6. The lowest BCUT2D eigenvalue weighted by molar-refractivity contribution is 0.457. The summed E-state index contributed by atoms with van der Waals surface area (Å²) in [5.41, 5.74) is 0. The molecule has 1 N–H and O–H groups in total. The van der Waals surface area contributed by atoms with E-state index in [-0.39, 0.29) is 11.7 Å². The maximum atomic E-state index is 10.4. The second-order valence-corrected chi connectivity index (χ2v) is 4.85. The molecule has 0 rings (SSSR count). The molecule has 0 aromatic heterocycles. The van der Waals surface area contributed by atoms with Crippen LogP contribution in [0, 0.1) is 5.92 Å². The van der Waals surface area contributed by atoms with E-state index in [4.69, 9.17) is 4.55 Å². The third kappa shape index (κ3) is 8.01. The average molecular weight is 194 g/mol. The highest BCUT2D eigenvalue weighted by molar-refractivity contribution is 7.85. The fourth-order valence-corrected chi connectivity index (χ4v) is 2.07. The van der Waals surface area contributed by atoms with Gasteiger partial charge in [0.25, 0.3) is 10.1 Å². The Morgan fingerprint density at radius 3 is 2.33 bits per heavy atom. The molecule has 0 heterocycles. The molecule has 0 aromatic carbocycles. The van der Waals surface area contributed by atoms with Crippen LogP contribution in [0.2, 0.25) is 0 Å². The molecule has 0 spiro atoms. The number of hydrogen-bond acceptors (Lipinski definition) is 2. The molecule has 0 bridgehead atoms. The van der Waals surface area contributed by atoms with E-state index in [9.17, 15) is 8.42 Å². The van der Waals surface area contributed by atoms with Gasteiger partial charge >= 0.3 is 0 Å². The fraction of sp³-hybridized carbons (Fsp3) is 1.00. The van der Waals surface area contributed by atoms with E-state index in [1.807, 2.05) is 6.92 Å². The lowest BCUT2D eigenvalue weighted by Crippen LogP contribution is -2.12. The molecule has 0 aliphatic rings. The van der Waals surface area contributed by atoms with E-state index in [1.54, 1.807) is 0 Å². The van der Waals surface area contributed by atoms with Crippen LogP contribution in [0.3, 0.4) is 0 Å². The summed E-state index contributed by atoms with van der Waals surface area (Å²) in [4.78, 5) is 0. The Morgan fingerprint density at radius 2 is 1.92 bits per heavy atom. The summed E-state index contributed by atoms with van der Waals surface area (Å²) < 4.78 is 29.4. The smallest absolute Gasteiger partial charge is 0.265 e. The van der Waals surface area contributed by atoms with Gasteiger partial charge in [-0.05, 0) is 12.3 Å². The molecular formula is C8H18O3S. The Kier molecular flexibility index (Phi) is 5.50. The van der Waals surface area contributed by atoms with Gasteiger partial charge < -0.3 is 0 Å². The van der Waals surface area contributed by atoms with Gasteiger partial charge in [0.1, 0.15) is 0 Å². The largest absolute Gasteiger partial charge is 0.286 e. The molecule has 74 valence electrons. The molecule has 0 saturated carbocycles. The van der Waals surface area contributed by atoms with Gasteiger partial charge in [-0.15, -0.1) is 0 Å². The lowest BCUT2D eigenvalue weighted by atomic mass is 10.1. The van der Waals surface area contributed by atoms with Crippen molar-refractivity contribution in [1.29, 1.82) is 0 Å². The molecule has 0 amide bonds. The van der Waals surface area contributed by atoms with Crippen LogP contribution >= 0.6 is 0 Å². The van der Waals surface area contributed by atoms with Crippen molar-refractivity contribution >= 4 is 10.1 Å². The van der Waals surface area contributed by atoms with Gasteiger partial charge in [-0.2, -0.15) is 8.42 Å². The lowest BCUT2D eigenvalue weighted by Gasteiger charge is -2.07. The number of hydrogen-bond donors (Lipinski definition) is 1. The Labute approximate surface area is 74.9 Å². The van der Waals surface area contributed by atoms with Crippen molar-refractivity contribution in [1.82, 2.24) is 0 Å². The van der Waals surface area contributed by atoms with Gasteiger partial charge in [0.05, 0.1) is 5.75 Å². The van der Waals surface area contributed by atoms with Crippen LogP contribution in [0.25, 0.3) is 0 Å². The zero-order valence-corrected chi connectivity index (χ0v) is 8.60. The zero-order chi connectivity index (χ0) is 9.61. The predicted molar refractivity (Wildman–Crippen MR) is 49.7 cm³/mol. The fourth-order valence-electron chi connectivity index (χ4n) is 1.19. The average Bonchev–Trinajstić information content (AvgIpc) is 1.84. The monoisotopic (exact) mass is 194 g/mol. The molecule has 0 aliphatic carbocycles. The van der Waals surface area contributed by atoms with Crippen LogP contribution < -0.4 is 0 Å². The third-order valence-corrected chi connectivity index (χ3v) is 2.79. The molecule has 0 aliphatic heterocycles. The number of unbranched alkanes of at least 4 members (excludes halogenated alkanes) is 2. The first-order chi connectivity index (χ1) is 5.45. The number of rotatable bonds is 6. The molecule has 0 radical (unpaired) electrons. The van der Waals surface area contributed by atoms with Gasteiger partial charge in [-0.1, -0.05) is 33.1 Å². The maximum absolute atomic E-state index is 10.4. The van der Waals surface area contributed by atoms with Gasteiger partial charge in [0, 0.05) is 0 Å². The van der Waals surface area contributed by atoms with E-state index < -0.39 is 10.1 Å². The Hall–Kier alpha value is -0.0900. The van der Waals surface area contributed by atoms with Crippen molar-refractivity contribution in [3.05, 3.63) is 0 Å². The second-order valence-electron chi connectivity index (χ2n) is 3.35. The summed E-state index contributed by atoms with van der Waals surface area (Å²) in [5, 5.41) is 0. The van der Waals surface area contributed by atoms with Crippen LogP contribution in [0.1, 0.15) is 39.5 Å². The summed E-state index contributed by atoms with van der Waals surface area (Å²) >= 11 is 0. The molecule has 3 nitrogen and oxygen atoms in total. The van der Waals surface area contributed by atoms with Crippen LogP contribution in [0.15, 0.2) is 0 Å². The summed E-state index contributed by atoms with van der Waals surface area (Å²) in [6, 6.07) is 0. The van der Waals surface area contributed by atoms with E-state index in [2.05, 4.69) is 6.92 Å². The quantitative estimate of drug-likeness (QED) is 0.520. The second kappa shape index (κ2) is 5.54. The van der Waals surface area contributed by atoms with Crippen molar-refractivity contribution in [2.24, 2.45) is 5.92 Å². The molecule has 4 heteroatoms. The molecule has 1 atom stereocenters. The molecule has 0 aromatic rings. The molecule has 0 fully saturated rings. The van der Waals surface area contributed by atoms with Crippen LogP contribution in [-0.4, -0.2) is 18.7 Å². The molecule has 12 heavy (non-hydrogen) atoms. The molecular weight excluding hydrogens is 176 g/mol. The molecule has 1 unspecified atom stereocenters. The van der Waals surface area contributed by atoms with Crippen LogP contribution in [0.5, 0.6) is 0 Å². The van der Waals surface area contributed by atoms with Crippen molar-refractivity contribution in [3.8, 4) is 0 Å². The van der Waals surface area contributed by atoms with E-state index in [0.29, 0.717) is 0 Å². The Bertz CT molecular complexity index is 196. The summed E-state index contributed by atoms with van der Waals surface area (Å²) in [5.74, 6) is -0.0250. The van der Waals surface area contributed by atoms with Crippen LogP contribution in [-0.2, 0) is 10.1 Å². The minimum Gasteiger partial charge on any atom is -0.286 e. The van der Waals surface area contributed by atoms with Crippen molar-refractivity contribution < 1.29 is 13.0 Å². The van der Waals surface area contributed by atoms with E-state index in [1.165, 1.54) is 0 Å². The van der Waals surface area contributed by atoms with Crippen LogP contribution in [0.4, 0.5) is 0 Å². The minimum atomic E-state index is -3.76. The first-order valence-corrected chi connectivity index (χ1v) is 6.01. The molecule has 0 saturated heterocycles. The van der Waals surface area contributed by atoms with Gasteiger partial charge in [0.2, 0.25) is 0 Å². The zero-order valence-electron chi connectivity index (χ0n) is 7.78. The Morgan fingerprint density at radius 1 is 1.33 bits per heavy atom. The maximum Gasteiger partial charge on any atom is 0.265 e. The summed E-state index contributed by atoms with van der Waals surface area (Å²) in [6.07, 6.45) is 4.20. The SMILES string of the molecule is CCCCCC(C)CS(=O)(=O)O. The minimum absolute atomic E-state index is 0.0755. The highest BCUT2D eigenvalue weighted by Gasteiger charge is 2.11. The Balaban J connectivity index is 3.53. The summed E-state index contributed by atoms with van der Waals surface area (Å²) in [7, 11) is -3.76. The van der Waals surface area contributed by atoms with Gasteiger partial charge in [-0.25, -0.2) is 0 Å². The first-order valence-electron chi connectivity index (χ1n) is 4.41. The van der Waals surface area contributed by atoms with Crippen molar-refractivity contribution in [2.45, 2.75) is 39.5 Å². The first kappa shape index (κ1) is 11.9. The predicted octanol–water partition coefficient (Wildman–Crippen LogP) is 2.09. The van der Waals surface area contributed by atoms with Gasteiger partial charge in [-0.3, -0.25) is 4.55 Å². The van der Waals surface area contributed by atoms with Crippen molar-refractivity contribution in [3.63, 3.8) is 0 Å². The standard InChI is InChI=1S/C8H18O3S/c1-3-4-5-6-8(2)7-12(9,10)11/h8H,3-7H2,1-2H3,(H,9,10,11). The van der Waals surface area contributed by atoms with Gasteiger partial charge in [0.15, 0.2) is 0 Å². The van der Waals surface area contributed by atoms with Crippen molar-refractivity contribution in [2.75, 3.05) is 5.75 Å². The van der Waals surface area contributed by atoms with E-state index in [0.717, 1.165) is 25.7 Å². The third-order valence-electron chi connectivity index (χ3n) is 1.80. The van der Waals surface area contributed by atoms with E-state index >= 15 is 0 Å². The highest BCUT2D eigenvalue weighted by Crippen LogP contribution is 2.10.